The normalized spacial score (nSPS) is 22.9. The van der Waals surface area contributed by atoms with E-state index in [1.165, 1.54) is 0 Å². The summed E-state index contributed by atoms with van der Waals surface area (Å²) in [5.74, 6) is 0.761. The first kappa shape index (κ1) is 19.5. The molecule has 3 unspecified atom stereocenters. The van der Waals surface area contributed by atoms with Crippen LogP contribution >= 0.6 is 0 Å². The molecule has 2 heterocycles. The highest BCUT2D eigenvalue weighted by atomic mass is 16.5. The van der Waals surface area contributed by atoms with Gasteiger partial charge in [0.2, 0.25) is 0 Å². The lowest BCUT2D eigenvalue weighted by atomic mass is 10.1. The number of ether oxygens (including phenoxy) is 1. The molecule has 0 aromatic heterocycles. The topological polar surface area (TPSA) is 94.6 Å². The number of hydrogen-bond acceptors (Lipinski definition) is 5. The summed E-state index contributed by atoms with van der Waals surface area (Å²) in [5.41, 5.74) is 6.98. The fourth-order valence-electron chi connectivity index (χ4n) is 4.03. The van der Waals surface area contributed by atoms with Crippen molar-refractivity contribution in [2.24, 2.45) is 5.73 Å². The Kier molecular flexibility index (Phi) is 6.54. The lowest BCUT2D eigenvalue weighted by Crippen LogP contribution is -2.59. The summed E-state index contributed by atoms with van der Waals surface area (Å²) in [6.07, 6.45) is 3.04. The van der Waals surface area contributed by atoms with Gasteiger partial charge in [-0.3, -0.25) is 4.90 Å². The molecule has 1 aromatic carbocycles. The third-order valence-corrected chi connectivity index (χ3v) is 5.43. The Morgan fingerprint density at radius 2 is 2.00 bits per heavy atom. The average Bonchev–Trinajstić information content (AvgIpc) is 2.90. The molecule has 7 nitrogen and oxygen atoms in total. The summed E-state index contributed by atoms with van der Waals surface area (Å²) < 4.78 is 5.74. The predicted octanol–water partition coefficient (Wildman–Crippen LogP) is 1.53. The summed E-state index contributed by atoms with van der Waals surface area (Å²) in [5, 5.41) is 11.7. The Balaban J connectivity index is 1.42. The highest BCUT2D eigenvalue weighted by molar-refractivity contribution is 5.74. The van der Waals surface area contributed by atoms with Crippen molar-refractivity contribution in [3.05, 3.63) is 29.8 Å². The zero-order valence-corrected chi connectivity index (χ0v) is 15.9. The van der Waals surface area contributed by atoms with Crippen LogP contribution in [-0.4, -0.2) is 66.7 Å². The molecular formula is C20H29N5O2. The van der Waals surface area contributed by atoms with Crippen LogP contribution in [-0.2, 0) is 0 Å². The number of benzene rings is 1. The van der Waals surface area contributed by atoms with Gasteiger partial charge >= 0.3 is 6.03 Å². The zero-order valence-electron chi connectivity index (χ0n) is 15.9. The predicted molar refractivity (Wildman–Crippen MR) is 103 cm³/mol. The molecule has 2 amide bonds. The van der Waals surface area contributed by atoms with Crippen LogP contribution in [0.3, 0.4) is 0 Å². The van der Waals surface area contributed by atoms with Gasteiger partial charge in [0, 0.05) is 44.3 Å². The molecule has 2 fully saturated rings. The molecule has 0 radical (unpaired) electrons. The molecule has 2 bridgehead atoms. The minimum atomic E-state index is 0.0440. The number of piperazine rings is 1. The molecule has 146 valence electrons. The number of carbonyl (C=O) groups is 1. The van der Waals surface area contributed by atoms with Gasteiger partial charge in [-0.2, -0.15) is 5.26 Å². The van der Waals surface area contributed by atoms with Gasteiger partial charge in [-0.25, -0.2) is 4.79 Å². The van der Waals surface area contributed by atoms with E-state index >= 15 is 0 Å². The van der Waals surface area contributed by atoms with Gasteiger partial charge in [-0.05, 0) is 50.5 Å². The van der Waals surface area contributed by atoms with Crippen molar-refractivity contribution in [2.75, 3.05) is 32.8 Å². The van der Waals surface area contributed by atoms with Gasteiger partial charge in [0.15, 0.2) is 0 Å². The van der Waals surface area contributed by atoms with Crippen molar-refractivity contribution in [2.45, 2.75) is 44.3 Å². The minimum absolute atomic E-state index is 0.0440. The van der Waals surface area contributed by atoms with Crippen molar-refractivity contribution in [3.8, 4) is 11.8 Å². The van der Waals surface area contributed by atoms with Gasteiger partial charge in [-0.1, -0.05) is 0 Å². The van der Waals surface area contributed by atoms with E-state index in [9.17, 15) is 4.79 Å². The molecule has 27 heavy (non-hydrogen) atoms. The fraction of sp³-hybridized carbons (Fsp3) is 0.600. The Morgan fingerprint density at radius 3 is 2.59 bits per heavy atom. The van der Waals surface area contributed by atoms with Crippen LogP contribution in [0.25, 0.3) is 0 Å². The lowest BCUT2D eigenvalue weighted by Gasteiger charge is -2.41. The average molecular weight is 371 g/mol. The second-order valence-electron chi connectivity index (χ2n) is 7.36. The van der Waals surface area contributed by atoms with Crippen molar-refractivity contribution in [3.63, 3.8) is 0 Å². The number of fused-ring (bicyclic) bond motifs is 2. The number of nitrogens with one attached hydrogen (secondary N) is 1. The van der Waals surface area contributed by atoms with Crippen LogP contribution in [0.2, 0.25) is 0 Å². The molecule has 7 heteroatoms. The number of nitrogens with two attached hydrogens (primary N) is 1. The maximum Gasteiger partial charge on any atom is 0.317 e. The van der Waals surface area contributed by atoms with E-state index in [-0.39, 0.29) is 12.1 Å². The third-order valence-electron chi connectivity index (χ3n) is 5.43. The number of carbonyl (C=O) groups excluding carboxylic acids is 1. The van der Waals surface area contributed by atoms with E-state index in [2.05, 4.69) is 16.3 Å². The standard InChI is InChI=1S/C20H29N5O2/c1-2-23-20(26)24-13-17-5-6-18(14-24)25(17)12-16(22)9-10-27-19-7-3-15(11-21)4-8-19/h3-4,7-8,16-18H,2,5-6,9-10,12-14,22H2,1H3,(H,23,26). The molecule has 2 aliphatic rings. The second kappa shape index (κ2) is 9.07. The highest BCUT2D eigenvalue weighted by Crippen LogP contribution is 2.30. The van der Waals surface area contributed by atoms with Crippen LogP contribution in [0.1, 0.15) is 31.7 Å². The summed E-state index contributed by atoms with van der Waals surface area (Å²) in [7, 11) is 0. The lowest BCUT2D eigenvalue weighted by molar-refractivity contribution is 0.0760. The Morgan fingerprint density at radius 1 is 1.33 bits per heavy atom. The number of nitrogens with zero attached hydrogens (tertiary/aromatic N) is 3. The number of nitriles is 1. The number of likely N-dealkylation sites (tertiary alicyclic amines) is 1. The molecule has 3 atom stereocenters. The Labute approximate surface area is 161 Å². The van der Waals surface area contributed by atoms with Crippen molar-refractivity contribution < 1.29 is 9.53 Å². The van der Waals surface area contributed by atoms with E-state index in [4.69, 9.17) is 15.7 Å². The minimum Gasteiger partial charge on any atom is -0.494 e. The molecule has 2 aliphatic heterocycles. The van der Waals surface area contributed by atoms with E-state index in [0.717, 1.165) is 44.6 Å². The largest absolute Gasteiger partial charge is 0.494 e. The van der Waals surface area contributed by atoms with E-state index in [1.54, 1.807) is 12.1 Å². The second-order valence-corrected chi connectivity index (χ2v) is 7.36. The first-order valence-corrected chi connectivity index (χ1v) is 9.77. The smallest absolute Gasteiger partial charge is 0.317 e. The van der Waals surface area contributed by atoms with Gasteiger partial charge < -0.3 is 20.7 Å². The molecule has 0 spiro atoms. The van der Waals surface area contributed by atoms with Crippen LogP contribution < -0.4 is 15.8 Å². The van der Waals surface area contributed by atoms with Crippen LogP contribution in [0.15, 0.2) is 24.3 Å². The molecule has 2 saturated heterocycles. The maximum absolute atomic E-state index is 12.1. The van der Waals surface area contributed by atoms with Gasteiger partial charge in [-0.15, -0.1) is 0 Å². The first-order chi connectivity index (χ1) is 13.1. The third kappa shape index (κ3) is 4.90. The quantitative estimate of drug-likeness (QED) is 0.758. The summed E-state index contributed by atoms with van der Waals surface area (Å²) in [4.78, 5) is 16.5. The molecular weight excluding hydrogens is 342 g/mol. The van der Waals surface area contributed by atoms with Crippen LogP contribution in [0, 0.1) is 11.3 Å². The van der Waals surface area contributed by atoms with Crippen molar-refractivity contribution in [1.82, 2.24) is 15.1 Å². The fourth-order valence-corrected chi connectivity index (χ4v) is 4.03. The summed E-state index contributed by atoms with van der Waals surface area (Å²) in [6, 6.07) is 10.1. The van der Waals surface area contributed by atoms with E-state index in [1.807, 2.05) is 24.0 Å². The molecule has 0 aliphatic carbocycles. The van der Waals surface area contributed by atoms with Gasteiger partial charge in [0.25, 0.3) is 0 Å². The first-order valence-electron chi connectivity index (χ1n) is 9.77. The number of hydrogen-bond donors (Lipinski definition) is 2. The molecule has 1 aromatic rings. The van der Waals surface area contributed by atoms with Crippen LogP contribution in [0.4, 0.5) is 4.79 Å². The number of amides is 2. The van der Waals surface area contributed by atoms with E-state index in [0.29, 0.717) is 30.8 Å². The van der Waals surface area contributed by atoms with Crippen LogP contribution in [0.5, 0.6) is 5.75 Å². The number of rotatable bonds is 7. The summed E-state index contributed by atoms with van der Waals surface area (Å²) >= 11 is 0. The SMILES string of the molecule is CCNC(=O)N1CC2CCC(C1)N2CC(N)CCOc1ccc(C#N)cc1. The number of urea groups is 1. The Bertz CT molecular complexity index is 658. The monoisotopic (exact) mass is 371 g/mol. The Hall–Kier alpha value is -2.30. The maximum atomic E-state index is 12.1. The highest BCUT2D eigenvalue weighted by Gasteiger charge is 2.41. The molecule has 0 saturated carbocycles. The van der Waals surface area contributed by atoms with Crippen molar-refractivity contribution >= 4 is 6.03 Å². The summed E-state index contributed by atoms with van der Waals surface area (Å²) in [6.45, 7) is 5.59. The molecule has 3 rings (SSSR count). The molecule has 3 N–H and O–H groups in total. The van der Waals surface area contributed by atoms with E-state index < -0.39 is 0 Å². The van der Waals surface area contributed by atoms with Gasteiger partial charge in [0.05, 0.1) is 18.2 Å². The van der Waals surface area contributed by atoms with Crippen molar-refractivity contribution in [1.29, 1.82) is 5.26 Å². The van der Waals surface area contributed by atoms with Gasteiger partial charge in [0.1, 0.15) is 5.75 Å². The zero-order chi connectivity index (χ0) is 19.2.